The molecule has 9 nitrogen and oxygen atoms in total. The number of sulfonamides is 1. The average molecular weight is 781 g/mol. The molecule has 0 unspecified atom stereocenters. The van der Waals surface area contributed by atoms with Gasteiger partial charge in [-0.1, -0.05) is 128 Å². The number of amides is 1. The fourth-order valence-corrected chi connectivity index (χ4v) is 8.77. The van der Waals surface area contributed by atoms with Crippen molar-refractivity contribution in [1.29, 1.82) is 0 Å². The monoisotopic (exact) mass is 780 g/mol. The molecule has 55 heavy (non-hydrogen) atoms. The van der Waals surface area contributed by atoms with Crippen LogP contribution in [0.1, 0.15) is 52.7 Å². The molecule has 0 radical (unpaired) electrons. The Morgan fingerprint density at radius 1 is 0.800 bits per heavy atom. The van der Waals surface area contributed by atoms with Crippen molar-refractivity contribution < 1.29 is 32.9 Å². The van der Waals surface area contributed by atoms with Crippen LogP contribution in [0.5, 0.6) is 0 Å². The second-order valence-electron chi connectivity index (χ2n) is 13.8. The van der Waals surface area contributed by atoms with Gasteiger partial charge in [0, 0.05) is 29.5 Å². The fourth-order valence-electron chi connectivity index (χ4n) is 6.67. The standard InChI is InChI=1S/C44H48N2O7S2/c1-30-12-22-38(23-13-30)55(50,51)46-40(26-32-8-4-3-5-9-32)43(49)45-27-37-10-6-7-11-39(37)34-18-20-36(21-19-34)44-52-41(29-54-25-24-47)31(2)42(53-44)35-16-14-33(28-48)15-17-35/h3-23,31,40-42,44,46-48H,24-29H2,1-2H3,(H,45,49)/t31-,40+,41+,42+,44+/m0/s1. The predicted octanol–water partition coefficient (Wildman–Crippen LogP) is 6.88. The Hall–Kier alpha value is -4.33. The van der Waals surface area contributed by atoms with Gasteiger partial charge < -0.3 is 25.0 Å². The SMILES string of the molecule is Cc1ccc(S(=O)(=O)N[C@H](Cc2ccccc2)C(=O)NCc2ccccc2-c2ccc([C@@H]3O[C@H](CSCCO)[C@H](C)[C@H](c4ccc(CO)cc4)O3)cc2)cc1. The fraction of sp³-hybridized carbons (Fsp3) is 0.295. The van der Waals surface area contributed by atoms with E-state index >= 15 is 0 Å². The Balaban J connectivity index is 1.18. The van der Waals surface area contributed by atoms with E-state index in [0.717, 1.165) is 44.5 Å². The Morgan fingerprint density at radius 3 is 2.16 bits per heavy atom. The highest BCUT2D eigenvalue weighted by atomic mass is 32.2. The molecule has 1 aliphatic rings. The van der Waals surface area contributed by atoms with E-state index < -0.39 is 28.3 Å². The van der Waals surface area contributed by atoms with Crippen molar-refractivity contribution >= 4 is 27.7 Å². The molecule has 6 rings (SSSR count). The summed E-state index contributed by atoms with van der Waals surface area (Å²) < 4.78 is 42.6. The highest BCUT2D eigenvalue weighted by Crippen LogP contribution is 2.42. The van der Waals surface area contributed by atoms with Gasteiger partial charge in [0.05, 0.1) is 30.3 Å². The van der Waals surface area contributed by atoms with Crippen LogP contribution in [0.3, 0.4) is 0 Å². The molecule has 1 aliphatic heterocycles. The number of benzene rings is 5. The Labute approximate surface area is 328 Å². The minimum Gasteiger partial charge on any atom is -0.396 e. The van der Waals surface area contributed by atoms with Crippen LogP contribution in [0.25, 0.3) is 11.1 Å². The number of aliphatic hydroxyl groups is 2. The number of ether oxygens (including phenoxy) is 2. The normalized spacial score (nSPS) is 19.1. The second kappa shape index (κ2) is 19.0. The zero-order valence-corrected chi connectivity index (χ0v) is 32.6. The molecule has 11 heteroatoms. The van der Waals surface area contributed by atoms with Gasteiger partial charge in [-0.15, -0.1) is 0 Å². The van der Waals surface area contributed by atoms with Gasteiger partial charge >= 0.3 is 0 Å². The van der Waals surface area contributed by atoms with Gasteiger partial charge in [0.1, 0.15) is 6.04 Å². The van der Waals surface area contributed by atoms with Crippen LogP contribution in [-0.2, 0) is 43.9 Å². The first kappa shape index (κ1) is 40.3. The van der Waals surface area contributed by atoms with Crippen molar-refractivity contribution in [3.05, 3.63) is 161 Å². The molecule has 4 N–H and O–H groups in total. The lowest BCUT2D eigenvalue weighted by molar-refractivity contribution is -0.268. The first-order valence-electron chi connectivity index (χ1n) is 18.4. The molecular weight excluding hydrogens is 733 g/mol. The molecule has 1 heterocycles. The number of aryl methyl sites for hydroxylation is 1. The molecule has 0 aromatic heterocycles. The molecule has 1 amide bonds. The second-order valence-corrected chi connectivity index (χ2v) is 16.7. The lowest BCUT2D eigenvalue weighted by Crippen LogP contribution is -2.47. The highest BCUT2D eigenvalue weighted by Gasteiger charge is 2.38. The molecule has 0 spiro atoms. The predicted molar refractivity (Wildman–Crippen MR) is 217 cm³/mol. The third-order valence-electron chi connectivity index (χ3n) is 9.83. The van der Waals surface area contributed by atoms with Gasteiger partial charge in [-0.05, 0) is 58.9 Å². The molecule has 0 aliphatic carbocycles. The summed E-state index contributed by atoms with van der Waals surface area (Å²) in [5.41, 5.74) is 7.20. The zero-order chi connectivity index (χ0) is 38.8. The van der Waals surface area contributed by atoms with Crippen LogP contribution in [-0.4, -0.2) is 54.8 Å². The van der Waals surface area contributed by atoms with Crippen molar-refractivity contribution in [2.24, 2.45) is 5.92 Å². The van der Waals surface area contributed by atoms with Crippen molar-refractivity contribution in [3.63, 3.8) is 0 Å². The topological polar surface area (TPSA) is 134 Å². The maximum absolute atomic E-state index is 13.8. The van der Waals surface area contributed by atoms with E-state index in [-0.39, 0.29) is 49.2 Å². The highest BCUT2D eigenvalue weighted by molar-refractivity contribution is 7.99. The third kappa shape index (κ3) is 10.5. The summed E-state index contributed by atoms with van der Waals surface area (Å²) in [6.07, 6.45) is -0.788. The molecule has 5 atom stereocenters. The summed E-state index contributed by atoms with van der Waals surface area (Å²) in [6.45, 7) is 4.26. The summed E-state index contributed by atoms with van der Waals surface area (Å²) in [6, 6.07) is 38.4. The largest absolute Gasteiger partial charge is 0.396 e. The summed E-state index contributed by atoms with van der Waals surface area (Å²) >= 11 is 1.65. The zero-order valence-electron chi connectivity index (χ0n) is 31.0. The minimum absolute atomic E-state index is 0.0276. The van der Waals surface area contributed by atoms with Gasteiger partial charge in [0.15, 0.2) is 6.29 Å². The van der Waals surface area contributed by atoms with Crippen LogP contribution in [0.2, 0.25) is 0 Å². The third-order valence-corrected chi connectivity index (χ3v) is 12.4. The van der Waals surface area contributed by atoms with E-state index in [0.29, 0.717) is 11.5 Å². The molecule has 0 saturated carbocycles. The quantitative estimate of drug-likeness (QED) is 0.0798. The molecule has 5 aromatic rings. The van der Waals surface area contributed by atoms with Crippen molar-refractivity contribution in [1.82, 2.24) is 10.0 Å². The number of carbonyl (C=O) groups is 1. The van der Waals surface area contributed by atoms with Crippen molar-refractivity contribution in [2.75, 3.05) is 18.1 Å². The van der Waals surface area contributed by atoms with Crippen LogP contribution >= 0.6 is 11.8 Å². The lowest BCUT2D eigenvalue weighted by atomic mass is 9.91. The van der Waals surface area contributed by atoms with E-state index in [4.69, 9.17) is 9.47 Å². The lowest BCUT2D eigenvalue weighted by Gasteiger charge is -2.41. The molecule has 288 valence electrons. The Kier molecular flexibility index (Phi) is 13.9. The van der Waals surface area contributed by atoms with Crippen LogP contribution < -0.4 is 10.0 Å². The number of hydrogen-bond acceptors (Lipinski definition) is 8. The first-order valence-corrected chi connectivity index (χ1v) is 21.1. The molecule has 1 fully saturated rings. The maximum Gasteiger partial charge on any atom is 0.241 e. The van der Waals surface area contributed by atoms with Gasteiger partial charge in [-0.3, -0.25) is 4.79 Å². The van der Waals surface area contributed by atoms with Gasteiger partial charge in [-0.25, -0.2) is 8.42 Å². The number of hydrogen-bond donors (Lipinski definition) is 4. The van der Waals surface area contributed by atoms with E-state index in [1.54, 1.807) is 23.9 Å². The van der Waals surface area contributed by atoms with E-state index in [9.17, 15) is 23.4 Å². The maximum atomic E-state index is 13.8. The summed E-state index contributed by atoms with van der Waals surface area (Å²) in [4.78, 5) is 13.9. The minimum atomic E-state index is -3.98. The van der Waals surface area contributed by atoms with E-state index in [1.807, 2.05) is 110 Å². The average Bonchev–Trinajstić information content (AvgIpc) is 3.21. The van der Waals surface area contributed by atoms with Gasteiger partial charge in [0.2, 0.25) is 15.9 Å². The molecule has 0 bridgehead atoms. The Bertz CT molecular complexity index is 2100. The van der Waals surface area contributed by atoms with Crippen molar-refractivity contribution in [3.8, 4) is 11.1 Å². The summed E-state index contributed by atoms with van der Waals surface area (Å²) in [7, 11) is -3.98. The van der Waals surface area contributed by atoms with E-state index in [2.05, 4.69) is 17.0 Å². The molecule has 1 saturated heterocycles. The molecular formula is C44H48N2O7S2. The number of nitrogens with one attached hydrogen (secondary N) is 2. The van der Waals surface area contributed by atoms with Gasteiger partial charge in [0.25, 0.3) is 0 Å². The van der Waals surface area contributed by atoms with Gasteiger partial charge in [-0.2, -0.15) is 16.5 Å². The number of carbonyl (C=O) groups excluding carboxylic acids is 1. The number of aliphatic hydroxyl groups excluding tert-OH is 2. The smallest absolute Gasteiger partial charge is 0.241 e. The van der Waals surface area contributed by atoms with Crippen LogP contribution in [0, 0.1) is 12.8 Å². The van der Waals surface area contributed by atoms with Crippen molar-refractivity contribution in [2.45, 2.75) is 62.9 Å². The summed E-state index contributed by atoms with van der Waals surface area (Å²) in [5, 5.41) is 21.9. The van der Waals surface area contributed by atoms with Crippen LogP contribution in [0.4, 0.5) is 0 Å². The first-order chi connectivity index (χ1) is 26.6. The summed E-state index contributed by atoms with van der Waals surface area (Å²) in [5.74, 6) is 0.954. The molecule has 5 aromatic carbocycles. The number of thioether (sulfide) groups is 1. The number of rotatable bonds is 16. The van der Waals surface area contributed by atoms with E-state index in [1.165, 1.54) is 12.1 Å². The Morgan fingerprint density at radius 2 is 1.47 bits per heavy atom. The van der Waals surface area contributed by atoms with Crippen LogP contribution in [0.15, 0.2) is 132 Å².